The van der Waals surface area contributed by atoms with Gasteiger partial charge in [0.2, 0.25) is 0 Å². The van der Waals surface area contributed by atoms with Crippen molar-refractivity contribution in [3.05, 3.63) is 30.1 Å². The van der Waals surface area contributed by atoms with Gasteiger partial charge in [-0.1, -0.05) is 12.1 Å². The van der Waals surface area contributed by atoms with Crippen molar-refractivity contribution in [1.29, 1.82) is 0 Å². The molecule has 2 rings (SSSR count). The Morgan fingerprint density at radius 1 is 1.41 bits per heavy atom. The second kappa shape index (κ2) is 4.97. The Kier molecular flexibility index (Phi) is 3.39. The van der Waals surface area contributed by atoms with E-state index in [4.69, 9.17) is 10.5 Å². The third-order valence-electron chi connectivity index (χ3n) is 2.35. The van der Waals surface area contributed by atoms with Crippen LogP contribution in [0.1, 0.15) is 5.82 Å². The normalized spacial score (nSPS) is 10.5. The Morgan fingerprint density at radius 2 is 2.24 bits per heavy atom. The lowest BCUT2D eigenvalue weighted by Crippen LogP contribution is -2.10. The van der Waals surface area contributed by atoms with Crippen molar-refractivity contribution in [2.24, 2.45) is 12.8 Å². The number of hydrogen-bond donors (Lipinski definition) is 1. The molecule has 0 spiro atoms. The molecule has 0 atom stereocenters. The number of benzene rings is 1. The fourth-order valence-corrected chi connectivity index (χ4v) is 1.67. The molecular formula is C12H16N4O. The highest BCUT2D eigenvalue weighted by Gasteiger charge is 2.07. The van der Waals surface area contributed by atoms with Crippen molar-refractivity contribution >= 4 is 0 Å². The fourth-order valence-electron chi connectivity index (χ4n) is 1.67. The van der Waals surface area contributed by atoms with E-state index in [1.807, 2.05) is 38.2 Å². The summed E-state index contributed by atoms with van der Waals surface area (Å²) in [6.07, 6.45) is 0. The summed E-state index contributed by atoms with van der Waals surface area (Å²) in [5, 5.41) is 4.22. The molecule has 90 valence electrons. The molecule has 0 aliphatic rings. The Balaban J connectivity index is 2.29. The summed E-state index contributed by atoms with van der Waals surface area (Å²) in [6, 6.07) is 7.77. The summed E-state index contributed by atoms with van der Waals surface area (Å²) in [5.74, 6) is 2.39. The van der Waals surface area contributed by atoms with E-state index >= 15 is 0 Å². The molecule has 2 N–H and O–H groups in total. The van der Waals surface area contributed by atoms with Crippen LogP contribution in [0.4, 0.5) is 0 Å². The maximum Gasteiger partial charge on any atom is 0.158 e. The molecule has 0 unspecified atom stereocenters. The Bertz CT molecular complexity index is 507. The number of nitrogens with zero attached hydrogens (tertiary/aromatic N) is 3. The summed E-state index contributed by atoms with van der Waals surface area (Å²) in [5.41, 5.74) is 6.39. The summed E-state index contributed by atoms with van der Waals surface area (Å²) in [4.78, 5) is 4.37. The first-order chi connectivity index (χ1) is 8.20. The number of aryl methyl sites for hydroxylation is 2. The summed E-state index contributed by atoms with van der Waals surface area (Å²) in [6.45, 7) is 2.90. The van der Waals surface area contributed by atoms with Gasteiger partial charge in [-0.05, 0) is 19.1 Å². The fraction of sp³-hybridized carbons (Fsp3) is 0.333. The van der Waals surface area contributed by atoms with Crippen molar-refractivity contribution < 1.29 is 4.74 Å². The molecule has 5 nitrogen and oxygen atoms in total. The second-order valence-electron chi connectivity index (χ2n) is 3.77. The van der Waals surface area contributed by atoms with Crippen molar-refractivity contribution in [2.45, 2.75) is 6.92 Å². The maximum absolute atomic E-state index is 5.48. The highest BCUT2D eigenvalue weighted by Crippen LogP contribution is 2.21. The lowest BCUT2D eigenvalue weighted by Gasteiger charge is -2.06. The highest BCUT2D eigenvalue weighted by molar-refractivity contribution is 5.57. The molecular weight excluding hydrogens is 216 g/mol. The molecule has 2 aromatic rings. The molecule has 0 bridgehead atoms. The average molecular weight is 232 g/mol. The van der Waals surface area contributed by atoms with Crippen molar-refractivity contribution in [3.8, 4) is 17.1 Å². The van der Waals surface area contributed by atoms with Gasteiger partial charge in [-0.25, -0.2) is 9.67 Å². The van der Waals surface area contributed by atoms with Crippen LogP contribution < -0.4 is 10.5 Å². The van der Waals surface area contributed by atoms with E-state index in [9.17, 15) is 0 Å². The van der Waals surface area contributed by atoms with Crippen LogP contribution in [0, 0.1) is 6.92 Å². The molecule has 0 amide bonds. The number of nitrogens with two attached hydrogens (primary N) is 1. The van der Waals surface area contributed by atoms with Gasteiger partial charge in [0.15, 0.2) is 5.82 Å². The van der Waals surface area contributed by atoms with E-state index in [2.05, 4.69) is 10.1 Å². The van der Waals surface area contributed by atoms with Crippen LogP contribution in [0.5, 0.6) is 5.75 Å². The molecule has 0 radical (unpaired) electrons. The third kappa shape index (κ3) is 2.62. The smallest absolute Gasteiger partial charge is 0.158 e. The largest absolute Gasteiger partial charge is 0.492 e. The van der Waals surface area contributed by atoms with E-state index in [1.165, 1.54) is 0 Å². The second-order valence-corrected chi connectivity index (χ2v) is 3.77. The van der Waals surface area contributed by atoms with Crippen molar-refractivity contribution in [2.75, 3.05) is 13.2 Å². The molecule has 1 heterocycles. The minimum Gasteiger partial charge on any atom is -0.492 e. The predicted molar refractivity (Wildman–Crippen MR) is 65.7 cm³/mol. The molecule has 1 aromatic heterocycles. The van der Waals surface area contributed by atoms with E-state index < -0.39 is 0 Å². The molecule has 0 fully saturated rings. The van der Waals surface area contributed by atoms with Gasteiger partial charge in [-0.2, -0.15) is 5.10 Å². The molecule has 0 saturated carbocycles. The SMILES string of the molecule is Cc1nc(-c2cccc(OCCN)c2)n(C)n1. The van der Waals surface area contributed by atoms with E-state index in [1.54, 1.807) is 4.68 Å². The standard InChI is InChI=1S/C12H16N4O/c1-9-14-12(16(2)15-9)10-4-3-5-11(8-10)17-7-6-13/h3-5,8H,6-7,13H2,1-2H3. The first kappa shape index (κ1) is 11.6. The number of rotatable bonds is 4. The molecule has 0 saturated heterocycles. The Hall–Kier alpha value is -1.88. The third-order valence-corrected chi connectivity index (χ3v) is 2.35. The van der Waals surface area contributed by atoms with Gasteiger partial charge < -0.3 is 10.5 Å². The van der Waals surface area contributed by atoms with Crippen LogP contribution >= 0.6 is 0 Å². The Labute approximate surface area is 100 Å². The zero-order valence-corrected chi connectivity index (χ0v) is 10.1. The Morgan fingerprint density at radius 3 is 2.88 bits per heavy atom. The quantitative estimate of drug-likeness (QED) is 0.858. The predicted octanol–water partition coefficient (Wildman–Crippen LogP) is 1.13. The first-order valence-electron chi connectivity index (χ1n) is 5.51. The van der Waals surface area contributed by atoms with Crippen molar-refractivity contribution in [3.63, 3.8) is 0 Å². The maximum atomic E-state index is 5.48. The molecule has 5 heteroatoms. The van der Waals surface area contributed by atoms with Gasteiger partial charge in [0.1, 0.15) is 18.2 Å². The molecule has 17 heavy (non-hydrogen) atoms. The summed E-state index contributed by atoms with van der Waals surface area (Å²) in [7, 11) is 1.88. The van der Waals surface area contributed by atoms with Gasteiger partial charge in [0, 0.05) is 19.2 Å². The summed E-state index contributed by atoms with van der Waals surface area (Å²) < 4.78 is 7.24. The number of ether oxygens (including phenoxy) is 1. The zero-order valence-electron chi connectivity index (χ0n) is 10.1. The van der Waals surface area contributed by atoms with Gasteiger partial charge in [-0.15, -0.1) is 0 Å². The van der Waals surface area contributed by atoms with Crippen LogP contribution in [-0.4, -0.2) is 27.9 Å². The van der Waals surface area contributed by atoms with Gasteiger partial charge in [-0.3, -0.25) is 0 Å². The topological polar surface area (TPSA) is 66.0 Å². The zero-order chi connectivity index (χ0) is 12.3. The van der Waals surface area contributed by atoms with Crippen molar-refractivity contribution in [1.82, 2.24) is 14.8 Å². The summed E-state index contributed by atoms with van der Waals surface area (Å²) >= 11 is 0. The average Bonchev–Trinajstić information content (AvgIpc) is 2.66. The van der Waals surface area contributed by atoms with Gasteiger partial charge >= 0.3 is 0 Å². The van der Waals surface area contributed by atoms with E-state index in [0.717, 1.165) is 23.0 Å². The minimum atomic E-state index is 0.507. The highest BCUT2D eigenvalue weighted by atomic mass is 16.5. The monoisotopic (exact) mass is 232 g/mol. The van der Waals surface area contributed by atoms with Gasteiger partial charge in [0.05, 0.1) is 0 Å². The van der Waals surface area contributed by atoms with Crippen LogP contribution in [0.15, 0.2) is 24.3 Å². The molecule has 0 aliphatic heterocycles. The van der Waals surface area contributed by atoms with Crippen LogP contribution in [0.3, 0.4) is 0 Å². The van der Waals surface area contributed by atoms with Crippen LogP contribution in [-0.2, 0) is 7.05 Å². The number of hydrogen-bond acceptors (Lipinski definition) is 4. The minimum absolute atomic E-state index is 0.507. The van der Waals surface area contributed by atoms with Crippen LogP contribution in [0.2, 0.25) is 0 Å². The lowest BCUT2D eigenvalue weighted by molar-refractivity contribution is 0.328. The van der Waals surface area contributed by atoms with E-state index in [0.29, 0.717) is 13.2 Å². The molecule has 1 aromatic carbocycles. The van der Waals surface area contributed by atoms with E-state index in [-0.39, 0.29) is 0 Å². The van der Waals surface area contributed by atoms with Gasteiger partial charge in [0.25, 0.3) is 0 Å². The van der Waals surface area contributed by atoms with Crippen LogP contribution in [0.25, 0.3) is 11.4 Å². The number of aromatic nitrogens is 3. The lowest BCUT2D eigenvalue weighted by atomic mass is 10.2. The first-order valence-corrected chi connectivity index (χ1v) is 5.51. The molecule has 0 aliphatic carbocycles.